The van der Waals surface area contributed by atoms with E-state index in [9.17, 15) is 18.0 Å². The van der Waals surface area contributed by atoms with E-state index in [4.69, 9.17) is 0 Å². The molecule has 9 heteroatoms. The van der Waals surface area contributed by atoms with Crippen molar-refractivity contribution in [3.8, 4) is 0 Å². The Bertz CT molecular complexity index is 956. The number of carbonyl (C=O) groups is 1. The van der Waals surface area contributed by atoms with Gasteiger partial charge in [0.15, 0.2) is 5.16 Å². The molecular weight excluding hydrogens is 377 g/mol. The van der Waals surface area contributed by atoms with Gasteiger partial charge in [-0.1, -0.05) is 30.0 Å². The molecule has 0 bridgehead atoms. The number of anilines is 1. The molecule has 0 saturated heterocycles. The van der Waals surface area contributed by atoms with Gasteiger partial charge in [-0.15, -0.1) is 10.2 Å². The number of rotatable bonds is 5. The fraction of sp³-hybridized carbons (Fsp3) is 0.167. The van der Waals surface area contributed by atoms with Crippen LogP contribution < -0.4 is 5.32 Å². The van der Waals surface area contributed by atoms with Crippen molar-refractivity contribution in [2.45, 2.75) is 17.1 Å². The average molecular weight is 392 g/mol. The number of hydrogen-bond acceptors (Lipinski definition) is 4. The van der Waals surface area contributed by atoms with Crippen molar-refractivity contribution in [3.63, 3.8) is 0 Å². The van der Waals surface area contributed by atoms with Crippen molar-refractivity contribution in [2.75, 3.05) is 5.32 Å². The van der Waals surface area contributed by atoms with Crippen LogP contribution in [0.2, 0.25) is 0 Å². The Morgan fingerprint density at radius 3 is 2.67 bits per heavy atom. The first-order valence-electron chi connectivity index (χ1n) is 7.87. The topological polar surface area (TPSA) is 59.8 Å². The Kier molecular flexibility index (Phi) is 5.50. The molecule has 0 saturated carbocycles. The molecule has 0 radical (unpaired) electrons. The second kappa shape index (κ2) is 7.83. The molecule has 1 N–H and O–H groups in total. The molecule has 0 atom stereocenters. The molecule has 0 fully saturated rings. The minimum absolute atomic E-state index is 0.0521. The maximum atomic E-state index is 12.8. The molecule has 140 valence electrons. The van der Waals surface area contributed by atoms with Crippen LogP contribution in [0.25, 0.3) is 0 Å². The molecule has 27 heavy (non-hydrogen) atoms. The Hall–Kier alpha value is -2.81. The zero-order valence-electron chi connectivity index (χ0n) is 14.2. The van der Waals surface area contributed by atoms with Gasteiger partial charge in [0, 0.05) is 24.1 Å². The van der Waals surface area contributed by atoms with E-state index >= 15 is 0 Å². The number of carbonyl (C=O) groups excluding carboxylic acids is 1. The average Bonchev–Trinajstić information content (AvgIpc) is 3.04. The number of halogens is 3. The number of nitrogens with zero attached hydrogens (tertiary/aromatic N) is 3. The third-order valence-electron chi connectivity index (χ3n) is 3.67. The minimum atomic E-state index is -4.49. The summed E-state index contributed by atoms with van der Waals surface area (Å²) in [4.78, 5) is 12.3. The largest absolute Gasteiger partial charge is 0.416 e. The van der Waals surface area contributed by atoms with E-state index < -0.39 is 17.6 Å². The van der Waals surface area contributed by atoms with E-state index in [1.54, 1.807) is 29.1 Å². The molecule has 0 spiro atoms. The molecule has 0 aliphatic rings. The third kappa shape index (κ3) is 4.88. The molecule has 1 heterocycles. The molecule has 2 aromatic carbocycles. The first kappa shape index (κ1) is 19.0. The monoisotopic (exact) mass is 392 g/mol. The summed E-state index contributed by atoms with van der Waals surface area (Å²) >= 11 is 1.49. The van der Waals surface area contributed by atoms with Gasteiger partial charge in [-0.05, 0) is 35.9 Å². The van der Waals surface area contributed by atoms with E-state index in [2.05, 4.69) is 15.5 Å². The lowest BCUT2D eigenvalue weighted by Gasteiger charge is -2.10. The highest BCUT2D eigenvalue weighted by Crippen LogP contribution is 2.29. The lowest BCUT2D eigenvalue weighted by Crippen LogP contribution is -2.14. The second-order valence-corrected chi connectivity index (χ2v) is 6.69. The molecule has 1 amide bonds. The summed E-state index contributed by atoms with van der Waals surface area (Å²) in [5.74, 6) is 0.0130. The number of aromatic nitrogens is 3. The van der Waals surface area contributed by atoms with Crippen molar-refractivity contribution < 1.29 is 18.0 Å². The quantitative estimate of drug-likeness (QED) is 0.655. The standard InChI is InChI=1S/C18H15F3N4OS/c1-25-11-22-24-17(25)27-10-12-4-2-7-15(8-12)23-16(26)13-5-3-6-14(9-13)18(19,20)21/h2-9,11H,10H2,1H3,(H,23,26). The van der Waals surface area contributed by atoms with Crippen molar-refractivity contribution in [1.29, 1.82) is 0 Å². The molecule has 3 rings (SSSR count). The van der Waals surface area contributed by atoms with Gasteiger partial charge >= 0.3 is 6.18 Å². The molecule has 0 aliphatic heterocycles. The molecule has 5 nitrogen and oxygen atoms in total. The van der Waals surface area contributed by atoms with E-state index in [0.717, 1.165) is 22.9 Å². The highest BCUT2D eigenvalue weighted by Gasteiger charge is 2.30. The summed E-state index contributed by atoms with van der Waals surface area (Å²) in [7, 11) is 1.84. The molecule has 0 unspecified atom stereocenters. The van der Waals surface area contributed by atoms with Crippen molar-refractivity contribution >= 4 is 23.4 Å². The first-order chi connectivity index (χ1) is 12.8. The van der Waals surface area contributed by atoms with Crippen LogP contribution >= 0.6 is 11.8 Å². The molecule has 1 aromatic heterocycles. The predicted octanol–water partition coefficient (Wildman–Crippen LogP) is 4.38. The van der Waals surface area contributed by atoms with Gasteiger partial charge in [0.2, 0.25) is 0 Å². The van der Waals surface area contributed by atoms with Gasteiger partial charge in [-0.25, -0.2) is 0 Å². The highest BCUT2D eigenvalue weighted by molar-refractivity contribution is 7.98. The number of benzene rings is 2. The van der Waals surface area contributed by atoms with Gasteiger partial charge in [0.05, 0.1) is 5.56 Å². The van der Waals surface area contributed by atoms with Crippen LogP contribution in [0.3, 0.4) is 0 Å². The van der Waals surface area contributed by atoms with Crippen LogP contribution in [-0.4, -0.2) is 20.7 Å². The summed E-state index contributed by atoms with van der Waals surface area (Å²) in [6, 6.07) is 11.4. The first-order valence-corrected chi connectivity index (χ1v) is 8.86. The summed E-state index contributed by atoms with van der Waals surface area (Å²) in [6.07, 6.45) is -2.89. The third-order valence-corrected chi connectivity index (χ3v) is 4.78. The summed E-state index contributed by atoms with van der Waals surface area (Å²) in [5, 5.41) is 11.2. The van der Waals surface area contributed by atoms with Crippen LogP contribution in [0.15, 0.2) is 60.0 Å². The van der Waals surface area contributed by atoms with E-state index in [0.29, 0.717) is 11.4 Å². The number of thioether (sulfide) groups is 1. The van der Waals surface area contributed by atoms with Gasteiger partial charge in [-0.3, -0.25) is 4.79 Å². The normalized spacial score (nSPS) is 11.4. The fourth-order valence-electron chi connectivity index (χ4n) is 2.33. The fourth-order valence-corrected chi connectivity index (χ4v) is 3.16. The molecular formula is C18H15F3N4OS. The highest BCUT2D eigenvalue weighted by atomic mass is 32.2. The van der Waals surface area contributed by atoms with Crippen molar-refractivity contribution in [1.82, 2.24) is 14.8 Å². The summed E-state index contributed by atoms with van der Waals surface area (Å²) in [6.45, 7) is 0. The SMILES string of the molecule is Cn1cnnc1SCc1cccc(NC(=O)c2cccc(C(F)(F)F)c2)c1. The van der Waals surface area contributed by atoms with Crippen LogP contribution in [-0.2, 0) is 19.0 Å². The Morgan fingerprint density at radius 2 is 1.96 bits per heavy atom. The maximum Gasteiger partial charge on any atom is 0.416 e. The van der Waals surface area contributed by atoms with Gasteiger partial charge < -0.3 is 9.88 Å². The zero-order valence-corrected chi connectivity index (χ0v) is 15.0. The summed E-state index contributed by atoms with van der Waals surface area (Å²) < 4.78 is 40.2. The van der Waals surface area contributed by atoms with Gasteiger partial charge in [0.1, 0.15) is 6.33 Å². The van der Waals surface area contributed by atoms with E-state index in [-0.39, 0.29) is 5.56 Å². The Labute approximate surface area is 157 Å². The maximum absolute atomic E-state index is 12.8. The molecule has 3 aromatic rings. The number of hydrogen-bond donors (Lipinski definition) is 1. The van der Waals surface area contributed by atoms with Gasteiger partial charge in [-0.2, -0.15) is 13.2 Å². The Morgan fingerprint density at radius 1 is 1.19 bits per heavy atom. The summed E-state index contributed by atoms with van der Waals surface area (Å²) in [5.41, 5.74) is 0.533. The second-order valence-electron chi connectivity index (χ2n) is 5.75. The number of amides is 1. The van der Waals surface area contributed by atoms with E-state index in [1.165, 1.54) is 23.9 Å². The van der Waals surface area contributed by atoms with Crippen LogP contribution in [0.1, 0.15) is 21.5 Å². The number of aryl methyl sites for hydroxylation is 1. The van der Waals surface area contributed by atoms with Gasteiger partial charge in [0.25, 0.3) is 5.91 Å². The lowest BCUT2D eigenvalue weighted by molar-refractivity contribution is -0.137. The van der Waals surface area contributed by atoms with Crippen molar-refractivity contribution in [3.05, 3.63) is 71.5 Å². The smallest absolute Gasteiger partial charge is 0.322 e. The van der Waals surface area contributed by atoms with Crippen molar-refractivity contribution in [2.24, 2.45) is 7.05 Å². The van der Waals surface area contributed by atoms with Crippen LogP contribution in [0.5, 0.6) is 0 Å². The van der Waals surface area contributed by atoms with Crippen LogP contribution in [0.4, 0.5) is 18.9 Å². The number of nitrogens with one attached hydrogen (secondary N) is 1. The van der Waals surface area contributed by atoms with Crippen LogP contribution in [0, 0.1) is 0 Å². The number of alkyl halides is 3. The lowest BCUT2D eigenvalue weighted by atomic mass is 10.1. The predicted molar refractivity (Wildman–Crippen MR) is 96.4 cm³/mol. The molecule has 0 aliphatic carbocycles. The zero-order chi connectivity index (χ0) is 19.4. The van der Waals surface area contributed by atoms with E-state index in [1.807, 2.05) is 13.1 Å². The minimum Gasteiger partial charge on any atom is -0.322 e. The Balaban J connectivity index is 1.69.